The number of allylic oxidation sites excluding steroid dienone is 1. The molecule has 1 aromatic rings. The van der Waals surface area contributed by atoms with E-state index in [1.807, 2.05) is 6.07 Å². The molecule has 126 valence electrons. The maximum absolute atomic E-state index is 12.5. The van der Waals surface area contributed by atoms with Crippen molar-refractivity contribution in [1.82, 2.24) is 10.3 Å². The number of alkyl halides is 3. The van der Waals surface area contributed by atoms with Gasteiger partial charge >= 0.3 is 6.18 Å². The van der Waals surface area contributed by atoms with E-state index in [2.05, 4.69) is 20.6 Å². The van der Waals surface area contributed by atoms with Crippen LogP contribution in [-0.4, -0.2) is 29.7 Å². The molecule has 1 amide bonds. The molecule has 6 nitrogen and oxygen atoms in total. The van der Waals surface area contributed by atoms with E-state index < -0.39 is 23.6 Å². The van der Waals surface area contributed by atoms with Crippen LogP contribution in [0.25, 0.3) is 0 Å². The summed E-state index contributed by atoms with van der Waals surface area (Å²) in [5.74, 6) is -1.35. The Bertz CT molecular complexity index is 739. The highest BCUT2D eigenvalue weighted by molar-refractivity contribution is 6.33. The van der Waals surface area contributed by atoms with Crippen molar-refractivity contribution in [2.75, 3.05) is 18.4 Å². The van der Waals surface area contributed by atoms with Crippen molar-refractivity contribution < 1.29 is 18.0 Å². The van der Waals surface area contributed by atoms with Gasteiger partial charge in [-0.1, -0.05) is 11.6 Å². The summed E-state index contributed by atoms with van der Waals surface area (Å²) >= 11 is 5.76. The lowest BCUT2D eigenvalue weighted by molar-refractivity contribution is -0.137. The van der Waals surface area contributed by atoms with Crippen LogP contribution in [0.2, 0.25) is 5.02 Å². The first kappa shape index (κ1) is 17.7. The fourth-order valence-electron chi connectivity index (χ4n) is 1.87. The molecule has 1 aliphatic rings. The van der Waals surface area contributed by atoms with Gasteiger partial charge in [0.15, 0.2) is 5.92 Å². The first-order valence-corrected chi connectivity index (χ1v) is 7.08. The normalized spacial score (nSPS) is 19.0. The van der Waals surface area contributed by atoms with E-state index in [-0.39, 0.29) is 23.9 Å². The number of carbonyl (C=O) groups excluding carboxylic acids is 1. The minimum absolute atomic E-state index is 0.0960. The molecule has 10 heteroatoms. The number of halogens is 4. The SMILES string of the molecule is N#CC1C(=O)NC=CC1=NCCNc1ncc(C(F)(F)F)cc1Cl. The van der Waals surface area contributed by atoms with Gasteiger partial charge in [-0.2, -0.15) is 18.4 Å². The van der Waals surface area contributed by atoms with Crippen molar-refractivity contribution in [1.29, 1.82) is 5.26 Å². The summed E-state index contributed by atoms with van der Waals surface area (Å²) in [5, 5.41) is 13.9. The van der Waals surface area contributed by atoms with Gasteiger partial charge in [-0.15, -0.1) is 0 Å². The number of nitrogens with zero attached hydrogens (tertiary/aromatic N) is 3. The summed E-state index contributed by atoms with van der Waals surface area (Å²) < 4.78 is 37.5. The number of nitrogens with one attached hydrogen (secondary N) is 2. The molecule has 0 saturated carbocycles. The Morgan fingerprint density at radius 2 is 2.25 bits per heavy atom. The molecule has 1 unspecified atom stereocenters. The number of carbonyl (C=O) groups is 1. The highest BCUT2D eigenvalue weighted by atomic mass is 35.5. The molecule has 2 rings (SSSR count). The predicted molar refractivity (Wildman–Crippen MR) is 81.4 cm³/mol. The maximum Gasteiger partial charge on any atom is 0.417 e. The van der Waals surface area contributed by atoms with Crippen LogP contribution in [0.3, 0.4) is 0 Å². The van der Waals surface area contributed by atoms with Crippen molar-refractivity contribution in [3.8, 4) is 6.07 Å². The average Bonchev–Trinajstić information content (AvgIpc) is 2.52. The van der Waals surface area contributed by atoms with Gasteiger partial charge in [-0.3, -0.25) is 9.79 Å². The highest BCUT2D eigenvalue weighted by Gasteiger charge is 2.31. The minimum Gasteiger partial charge on any atom is -0.367 e. The van der Waals surface area contributed by atoms with E-state index in [1.54, 1.807) is 0 Å². The molecule has 1 aliphatic heterocycles. The number of aliphatic imine (C=N–C) groups is 1. The van der Waals surface area contributed by atoms with E-state index in [1.165, 1.54) is 12.3 Å². The van der Waals surface area contributed by atoms with Gasteiger partial charge in [-0.05, 0) is 12.1 Å². The third kappa shape index (κ3) is 4.23. The first-order chi connectivity index (χ1) is 11.3. The van der Waals surface area contributed by atoms with Gasteiger partial charge in [-0.25, -0.2) is 4.98 Å². The van der Waals surface area contributed by atoms with Crippen LogP contribution in [0.15, 0.2) is 29.5 Å². The third-order valence-corrected chi connectivity index (χ3v) is 3.32. The highest BCUT2D eigenvalue weighted by Crippen LogP contribution is 2.32. The van der Waals surface area contributed by atoms with E-state index >= 15 is 0 Å². The number of rotatable bonds is 4. The Balaban J connectivity index is 1.96. The molecule has 2 N–H and O–H groups in total. The van der Waals surface area contributed by atoms with Crippen molar-refractivity contribution in [3.63, 3.8) is 0 Å². The molecule has 0 saturated heterocycles. The summed E-state index contributed by atoms with van der Waals surface area (Å²) in [6, 6.07) is 2.62. The van der Waals surface area contributed by atoms with Crippen LogP contribution in [0.1, 0.15) is 5.56 Å². The first-order valence-electron chi connectivity index (χ1n) is 6.70. The fourth-order valence-corrected chi connectivity index (χ4v) is 2.11. The van der Waals surface area contributed by atoms with Crippen LogP contribution < -0.4 is 10.6 Å². The number of aromatic nitrogens is 1. The summed E-state index contributed by atoms with van der Waals surface area (Å²) in [5.41, 5.74) is -0.622. The molecule has 1 atom stereocenters. The molecule has 0 spiro atoms. The third-order valence-electron chi connectivity index (χ3n) is 3.03. The van der Waals surface area contributed by atoms with Gasteiger partial charge < -0.3 is 10.6 Å². The number of hydrogen-bond donors (Lipinski definition) is 2. The molecular formula is C14H11ClF3N5O. The quantitative estimate of drug-likeness (QED) is 0.810. The van der Waals surface area contributed by atoms with Crippen LogP contribution in [0, 0.1) is 17.2 Å². The summed E-state index contributed by atoms with van der Waals surface area (Å²) in [4.78, 5) is 19.2. The van der Waals surface area contributed by atoms with Crippen LogP contribution in [0.5, 0.6) is 0 Å². The lowest BCUT2D eigenvalue weighted by Gasteiger charge is -2.13. The number of nitriles is 1. The molecule has 2 heterocycles. The topological polar surface area (TPSA) is 90.2 Å². The zero-order valence-electron chi connectivity index (χ0n) is 12.1. The Labute approximate surface area is 140 Å². The second-order valence-electron chi connectivity index (χ2n) is 4.69. The van der Waals surface area contributed by atoms with E-state index in [0.29, 0.717) is 11.9 Å². The molecule has 0 bridgehead atoms. The maximum atomic E-state index is 12.5. The van der Waals surface area contributed by atoms with Gasteiger partial charge in [0.2, 0.25) is 5.91 Å². The number of pyridine rings is 1. The van der Waals surface area contributed by atoms with Gasteiger partial charge in [0.25, 0.3) is 0 Å². The van der Waals surface area contributed by atoms with E-state index in [4.69, 9.17) is 16.9 Å². The average molecular weight is 358 g/mol. The lowest BCUT2D eigenvalue weighted by atomic mass is 10.0. The van der Waals surface area contributed by atoms with Crippen molar-refractivity contribution in [2.45, 2.75) is 6.18 Å². The van der Waals surface area contributed by atoms with Gasteiger partial charge in [0, 0.05) is 18.9 Å². The minimum atomic E-state index is -4.51. The fraction of sp³-hybridized carbons (Fsp3) is 0.286. The Morgan fingerprint density at radius 3 is 2.88 bits per heavy atom. The Morgan fingerprint density at radius 1 is 1.50 bits per heavy atom. The lowest BCUT2D eigenvalue weighted by Crippen LogP contribution is -2.35. The molecule has 0 fully saturated rings. The summed E-state index contributed by atoms with van der Waals surface area (Å²) in [6.07, 6.45) is -0.934. The standard InChI is InChI=1S/C14H11ClF3N5O/c15-10-5-8(14(16,17)18)7-23-12(10)21-4-3-20-11-1-2-22-13(24)9(11)6-19/h1-2,5,7,9H,3-4H2,(H,21,23)(H,22,24). The zero-order valence-corrected chi connectivity index (χ0v) is 12.8. The smallest absolute Gasteiger partial charge is 0.367 e. The van der Waals surface area contributed by atoms with Crippen LogP contribution in [-0.2, 0) is 11.0 Å². The number of amides is 1. The molecule has 0 radical (unpaired) electrons. The largest absolute Gasteiger partial charge is 0.417 e. The molecule has 1 aromatic heterocycles. The molecule has 0 aromatic carbocycles. The van der Waals surface area contributed by atoms with Gasteiger partial charge in [0.1, 0.15) is 5.82 Å². The molecule has 24 heavy (non-hydrogen) atoms. The Kier molecular flexibility index (Phi) is 5.41. The van der Waals surface area contributed by atoms with Crippen LogP contribution >= 0.6 is 11.6 Å². The van der Waals surface area contributed by atoms with E-state index in [9.17, 15) is 18.0 Å². The van der Waals surface area contributed by atoms with Crippen molar-refractivity contribution in [3.05, 3.63) is 35.1 Å². The van der Waals surface area contributed by atoms with E-state index in [0.717, 1.165) is 6.07 Å². The number of hydrogen-bond acceptors (Lipinski definition) is 5. The number of anilines is 1. The summed E-state index contributed by atoms with van der Waals surface area (Å²) in [6.45, 7) is 0.402. The van der Waals surface area contributed by atoms with Crippen molar-refractivity contribution in [2.24, 2.45) is 10.9 Å². The second kappa shape index (κ2) is 7.31. The molecule has 0 aliphatic carbocycles. The van der Waals surface area contributed by atoms with Crippen LogP contribution in [0.4, 0.5) is 19.0 Å². The van der Waals surface area contributed by atoms with Crippen molar-refractivity contribution >= 4 is 29.0 Å². The zero-order chi connectivity index (χ0) is 17.7. The van der Waals surface area contributed by atoms with Gasteiger partial charge in [0.05, 0.1) is 28.9 Å². The monoisotopic (exact) mass is 357 g/mol. The summed E-state index contributed by atoms with van der Waals surface area (Å²) in [7, 11) is 0. The molecular weight excluding hydrogens is 347 g/mol. The Hall–Kier alpha value is -2.60. The second-order valence-corrected chi connectivity index (χ2v) is 5.10. The predicted octanol–water partition coefficient (Wildman–Crippen LogP) is 2.39.